The van der Waals surface area contributed by atoms with E-state index in [4.69, 9.17) is 0 Å². The summed E-state index contributed by atoms with van der Waals surface area (Å²) in [5.74, 6) is 0.585. The first-order valence-corrected chi connectivity index (χ1v) is 10.9. The molecule has 0 aliphatic carbocycles. The van der Waals surface area contributed by atoms with Crippen LogP contribution < -0.4 is 10.6 Å². The van der Waals surface area contributed by atoms with Crippen LogP contribution in [0.15, 0.2) is 0 Å². The van der Waals surface area contributed by atoms with Gasteiger partial charge in [-0.2, -0.15) is 0 Å². The quantitative estimate of drug-likeness (QED) is 0.650. The molecule has 5 nitrogen and oxygen atoms in total. The number of nitrogens with one attached hydrogen (secondary N) is 2. The second kappa shape index (κ2) is 7.71. The molecule has 2 aliphatic heterocycles. The summed E-state index contributed by atoms with van der Waals surface area (Å²) in [6.07, 6.45) is 4.08. The third-order valence-corrected chi connectivity index (χ3v) is 7.43. The number of hydrogen-bond acceptors (Lipinski definition) is 4. The van der Waals surface area contributed by atoms with Gasteiger partial charge in [0.25, 0.3) is 0 Å². The minimum atomic E-state index is -0.184. The first-order chi connectivity index (χ1) is 12.6. The molecule has 2 fully saturated rings. The van der Waals surface area contributed by atoms with Crippen molar-refractivity contribution in [1.29, 1.82) is 0 Å². The van der Waals surface area contributed by atoms with Gasteiger partial charge in [0.1, 0.15) is 5.78 Å². The average Bonchev–Trinajstić information content (AvgIpc) is 2.86. The van der Waals surface area contributed by atoms with Crippen molar-refractivity contribution >= 4 is 11.7 Å². The van der Waals surface area contributed by atoms with Crippen LogP contribution in [0.2, 0.25) is 0 Å². The fraction of sp³-hybridized carbons (Fsp3) is 0.913. The molecule has 0 aromatic carbocycles. The summed E-state index contributed by atoms with van der Waals surface area (Å²) in [7, 11) is 2.13. The number of unbranched alkanes of at least 4 members (excludes halogenated alkanes) is 1. The minimum Gasteiger partial charge on any atom is -0.356 e. The highest BCUT2D eigenvalue weighted by atomic mass is 16.2. The molecule has 0 spiro atoms. The Kier molecular flexibility index (Phi) is 6.43. The molecule has 0 aromatic rings. The van der Waals surface area contributed by atoms with Gasteiger partial charge in [0, 0.05) is 41.0 Å². The topological polar surface area (TPSA) is 61.4 Å². The lowest BCUT2D eigenvalue weighted by molar-refractivity contribution is -0.126. The summed E-state index contributed by atoms with van der Waals surface area (Å²) < 4.78 is 0. The van der Waals surface area contributed by atoms with E-state index < -0.39 is 0 Å². The highest BCUT2D eigenvalue weighted by Crippen LogP contribution is 2.44. The molecular weight excluding hydrogens is 350 g/mol. The Morgan fingerprint density at radius 3 is 2.04 bits per heavy atom. The van der Waals surface area contributed by atoms with Gasteiger partial charge < -0.3 is 10.6 Å². The van der Waals surface area contributed by atoms with E-state index in [9.17, 15) is 9.59 Å². The van der Waals surface area contributed by atoms with Gasteiger partial charge in [0.2, 0.25) is 5.91 Å². The number of Topliss-reactive ketones (excluding diaryl/α,β-unsaturated/α-hetero) is 1. The van der Waals surface area contributed by atoms with Gasteiger partial charge in [0.05, 0.1) is 5.92 Å². The van der Waals surface area contributed by atoms with Gasteiger partial charge in [0.15, 0.2) is 0 Å². The predicted octanol–water partition coefficient (Wildman–Crippen LogP) is 3.52. The number of nitrogens with zero attached hydrogens (tertiary/aromatic N) is 1. The molecule has 2 rings (SSSR count). The summed E-state index contributed by atoms with van der Waals surface area (Å²) in [6.45, 7) is 18.0. The van der Waals surface area contributed by atoms with Crippen LogP contribution in [-0.2, 0) is 9.59 Å². The maximum absolute atomic E-state index is 12.8. The Morgan fingerprint density at radius 2 is 1.57 bits per heavy atom. The maximum atomic E-state index is 12.8. The van der Waals surface area contributed by atoms with E-state index in [-0.39, 0.29) is 39.9 Å². The third kappa shape index (κ3) is 4.79. The van der Waals surface area contributed by atoms with Crippen LogP contribution in [0.1, 0.15) is 87.5 Å². The van der Waals surface area contributed by atoms with Crippen LogP contribution in [0, 0.1) is 11.8 Å². The number of carbonyl (C=O) groups is 2. The van der Waals surface area contributed by atoms with Crippen molar-refractivity contribution in [2.45, 2.75) is 110 Å². The standard InChI is InChI=1S/C23H43N3O2/c1-20(2)14-17(22(5,6)25-20)19(28)24-13-11-10-12-18(27)16-15-21(3,4)26(9)23(16,7)8/h16-17,25H,10-15H2,1-9H3,(H,24,28). The maximum Gasteiger partial charge on any atom is 0.225 e. The van der Waals surface area contributed by atoms with Crippen LogP contribution in [0.3, 0.4) is 0 Å². The lowest BCUT2D eigenvalue weighted by Crippen LogP contribution is -2.48. The van der Waals surface area contributed by atoms with E-state index in [1.54, 1.807) is 0 Å². The lowest BCUT2D eigenvalue weighted by atomic mass is 9.82. The van der Waals surface area contributed by atoms with Crippen molar-refractivity contribution in [3.63, 3.8) is 0 Å². The van der Waals surface area contributed by atoms with Crippen LogP contribution in [0.5, 0.6) is 0 Å². The molecule has 2 unspecified atom stereocenters. The van der Waals surface area contributed by atoms with Crippen molar-refractivity contribution in [3.8, 4) is 0 Å². The highest BCUT2D eigenvalue weighted by Gasteiger charge is 2.51. The molecule has 162 valence electrons. The van der Waals surface area contributed by atoms with Crippen LogP contribution in [-0.4, -0.2) is 52.3 Å². The zero-order chi connectivity index (χ0) is 21.5. The van der Waals surface area contributed by atoms with Gasteiger partial charge in [-0.1, -0.05) is 0 Å². The largest absolute Gasteiger partial charge is 0.356 e. The summed E-state index contributed by atoms with van der Waals surface area (Å²) in [4.78, 5) is 27.8. The van der Waals surface area contributed by atoms with Gasteiger partial charge in [-0.3, -0.25) is 14.5 Å². The van der Waals surface area contributed by atoms with E-state index in [1.807, 2.05) is 0 Å². The van der Waals surface area contributed by atoms with Crippen molar-refractivity contribution in [3.05, 3.63) is 0 Å². The SMILES string of the molecule is CN1C(C)(C)CC(C(=O)CCCCNC(=O)C2CC(C)(C)NC2(C)C)C1(C)C. The molecule has 0 aromatic heterocycles. The number of rotatable bonds is 7. The van der Waals surface area contributed by atoms with Gasteiger partial charge in [-0.05, 0) is 88.1 Å². The van der Waals surface area contributed by atoms with Crippen molar-refractivity contribution in [1.82, 2.24) is 15.5 Å². The van der Waals surface area contributed by atoms with Crippen LogP contribution in [0.4, 0.5) is 0 Å². The van der Waals surface area contributed by atoms with E-state index in [0.717, 1.165) is 25.7 Å². The number of hydrogen-bond donors (Lipinski definition) is 2. The summed E-state index contributed by atoms with van der Waals surface area (Å²) >= 11 is 0. The molecule has 2 atom stereocenters. The van der Waals surface area contributed by atoms with Crippen molar-refractivity contribution in [2.24, 2.45) is 11.8 Å². The van der Waals surface area contributed by atoms with Crippen LogP contribution >= 0.6 is 0 Å². The van der Waals surface area contributed by atoms with E-state index in [0.29, 0.717) is 18.7 Å². The third-order valence-electron chi connectivity index (χ3n) is 7.43. The second-order valence-corrected chi connectivity index (χ2v) is 11.5. The molecule has 2 aliphatic rings. The Balaban J connectivity index is 1.75. The molecule has 2 heterocycles. The Hall–Kier alpha value is -0.940. The fourth-order valence-electron chi connectivity index (χ4n) is 5.54. The average molecular weight is 394 g/mol. The Morgan fingerprint density at radius 1 is 0.964 bits per heavy atom. The molecule has 5 heteroatoms. The molecule has 0 bridgehead atoms. The first-order valence-electron chi connectivity index (χ1n) is 10.9. The summed E-state index contributed by atoms with van der Waals surface area (Å²) in [5, 5.41) is 6.66. The molecule has 0 saturated carbocycles. The van der Waals surface area contributed by atoms with Gasteiger partial charge in [-0.25, -0.2) is 0 Å². The number of carbonyl (C=O) groups excluding carboxylic acids is 2. The lowest BCUT2D eigenvalue weighted by Gasteiger charge is -2.38. The predicted molar refractivity (Wildman–Crippen MR) is 115 cm³/mol. The van der Waals surface area contributed by atoms with Crippen LogP contribution in [0.25, 0.3) is 0 Å². The zero-order valence-corrected chi connectivity index (χ0v) is 19.7. The number of likely N-dealkylation sites (tertiary alicyclic amines) is 1. The molecule has 1 amide bonds. The number of ketones is 1. The van der Waals surface area contributed by atoms with Crippen molar-refractivity contribution < 1.29 is 9.59 Å². The summed E-state index contributed by atoms with van der Waals surface area (Å²) in [6, 6.07) is 0. The first kappa shape index (κ1) is 23.3. The normalized spacial score (nSPS) is 30.3. The van der Waals surface area contributed by atoms with Crippen molar-refractivity contribution in [2.75, 3.05) is 13.6 Å². The van der Waals surface area contributed by atoms with Gasteiger partial charge in [-0.15, -0.1) is 0 Å². The van der Waals surface area contributed by atoms with E-state index in [2.05, 4.69) is 78.0 Å². The molecule has 0 radical (unpaired) electrons. The zero-order valence-electron chi connectivity index (χ0n) is 19.7. The van der Waals surface area contributed by atoms with E-state index >= 15 is 0 Å². The monoisotopic (exact) mass is 393 g/mol. The second-order valence-electron chi connectivity index (χ2n) is 11.5. The molecule has 2 N–H and O–H groups in total. The molecular formula is C23H43N3O2. The summed E-state index contributed by atoms with van der Waals surface area (Å²) in [5.41, 5.74) is -0.222. The Labute approximate surface area is 172 Å². The molecule has 28 heavy (non-hydrogen) atoms. The number of amides is 1. The molecule has 2 saturated heterocycles. The fourth-order valence-corrected chi connectivity index (χ4v) is 5.54. The van der Waals surface area contributed by atoms with Gasteiger partial charge >= 0.3 is 0 Å². The minimum absolute atomic E-state index is 0.00700. The smallest absolute Gasteiger partial charge is 0.225 e. The highest BCUT2D eigenvalue weighted by molar-refractivity contribution is 5.83. The van der Waals surface area contributed by atoms with E-state index in [1.165, 1.54) is 0 Å². The Bertz CT molecular complexity index is 607.